The molecular formula is C2H2O3Ru. The van der Waals surface area contributed by atoms with Gasteiger partial charge in [-0.1, -0.05) is 0 Å². The van der Waals surface area contributed by atoms with E-state index in [1.54, 1.807) is 0 Å². The minimum absolute atomic E-state index is 0. The van der Waals surface area contributed by atoms with Crippen molar-refractivity contribution in [2.24, 2.45) is 0 Å². The summed E-state index contributed by atoms with van der Waals surface area (Å²) in [4.78, 5) is 17.9. The van der Waals surface area contributed by atoms with Crippen LogP contribution in [0.25, 0.3) is 0 Å². The molecule has 0 heterocycles. The Morgan fingerprint density at radius 2 is 1.83 bits per heavy atom. The van der Waals surface area contributed by atoms with Crippen LogP contribution >= 0.6 is 0 Å². The van der Waals surface area contributed by atoms with E-state index in [2.05, 4.69) is 0 Å². The van der Waals surface area contributed by atoms with Gasteiger partial charge in [0.2, 0.25) is 6.29 Å². The topological polar surface area (TPSA) is 54.4 Å². The molecule has 0 aromatic rings. The molecule has 0 bridgehead atoms. The second-order valence-electron chi connectivity index (χ2n) is 0.456. The van der Waals surface area contributed by atoms with E-state index in [-0.39, 0.29) is 25.8 Å². The molecule has 0 radical (unpaired) electrons. The van der Waals surface area contributed by atoms with E-state index in [4.69, 9.17) is 14.7 Å². The first kappa shape index (κ1) is 9.23. The number of hydrogen-bond donors (Lipinski definition) is 1. The summed E-state index contributed by atoms with van der Waals surface area (Å²) in [7, 11) is 0. The number of carboxylic acids is 1. The van der Waals surface area contributed by atoms with Gasteiger partial charge < -0.3 is 5.11 Å². The molecule has 0 amide bonds. The molecule has 0 aliphatic carbocycles. The van der Waals surface area contributed by atoms with E-state index >= 15 is 0 Å². The van der Waals surface area contributed by atoms with Gasteiger partial charge in [0.1, 0.15) is 0 Å². The van der Waals surface area contributed by atoms with Gasteiger partial charge in [-0.25, -0.2) is 4.79 Å². The molecule has 0 fully saturated rings. The fraction of sp³-hybridized carbons (Fsp3) is 0. The van der Waals surface area contributed by atoms with Crippen molar-refractivity contribution in [2.45, 2.75) is 0 Å². The smallest absolute Gasteiger partial charge is 0.368 e. The molecule has 0 atom stereocenters. The molecule has 3 nitrogen and oxygen atoms in total. The normalized spacial score (nSPS) is 5.33. The summed E-state index contributed by atoms with van der Waals surface area (Å²) in [6.45, 7) is 0. The van der Waals surface area contributed by atoms with Crippen LogP contribution in [0.2, 0.25) is 0 Å². The molecule has 0 aliphatic rings. The van der Waals surface area contributed by atoms with Crippen LogP contribution in [0.4, 0.5) is 0 Å². The van der Waals surface area contributed by atoms with Crippen molar-refractivity contribution < 1.29 is 34.2 Å². The SMILES string of the molecule is O=CC(=O)O.[Ru]. The number of rotatable bonds is 1. The number of carbonyl (C=O) groups excluding carboxylic acids is 1. The maximum absolute atomic E-state index is 9.00. The van der Waals surface area contributed by atoms with Gasteiger partial charge in [-0.05, 0) is 0 Å². The molecule has 4 heteroatoms. The van der Waals surface area contributed by atoms with Crippen molar-refractivity contribution >= 4 is 12.3 Å². The minimum atomic E-state index is -1.43. The van der Waals surface area contributed by atoms with Crippen LogP contribution in [0.1, 0.15) is 0 Å². The average Bonchev–Trinajstić information content (AvgIpc) is 1.38. The van der Waals surface area contributed by atoms with E-state index in [1.165, 1.54) is 0 Å². The van der Waals surface area contributed by atoms with Crippen molar-refractivity contribution in [2.75, 3.05) is 0 Å². The zero-order chi connectivity index (χ0) is 4.28. The predicted octanol–water partition coefficient (Wildman–Crippen LogP) is -0.733. The molecule has 0 saturated heterocycles. The summed E-state index contributed by atoms with van der Waals surface area (Å²) in [6.07, 6.45) is -0.167. The monoisotopic (exact) mass is 176 g/mol. The van der Waals surface area contributed by atoms with E-state index in [1.807, 2.05) is 0 Å². The van der Waals surface area contributed by atoms with Gasteiger partial charge in [-0.15, -0.1) is 0 Å². The summed E-state index contributed by atoms with van der Waals surface area (Å²) >= 11 is 0. The number of carbonyl (C=O) groups is 2. The van der Waals surface area contributed by atoms with Gasteiger partial charge in [-0.3, -0.25) is 4.79 Å². The molecule has 0 spiro atoms. The van der Waals surface area contributed by atoms with Gasteiger partial charge in [-0.2, -0.15) is 0 Å². The second-order valence-corrected chi connectivity index (χ2v) is 0.456. The fourth-order valence-corrected chi connectivity index (χ4v) is 0. The third-order valence-electron chi connectivity index (χ3n) is 0.101. The first-order chi connectivity index (χ1) is 2.27. The van der Waals surface area contributed by atoms with E-state index in [0.29, 0.717) is 0 Å². The standard InChI is InChI=1S/C2H2O3.Ru/c3-1-2(4)5;/h1H,(H,4,5);. The van der Waals surface area contributed by atoms with E-state index in [9.17, 15) is 0 Å². The Morgan fingerprint density at radius 1 is 1.67 bits per heavy atom. The Bertz CT molecular complexity index is 59.8. The minimum Gasteiger partial charge on any atom is -0.476 e. The van der Waals surface area contributed by atoms with Crippen LogP contribution in [0, 0.1) is 0 Å². The summed E-state index contributed by atoms with van der Waals surface area (Å²) < 4.78 is 0. The Labute approximate surface area is 47.1 Å². The van der Waals surface area contributed by atoms with Crippen LogP contribution in [0.15, 0.2) is 0 Å². The third-order valence-corrected chi connectivity index (χ3v) is 0.101. The van der Waals surface area contributed by atoms with Gasteiger partial charge in [0.15, 0.2) is 0 Å². The fourth-order valence-electron chi connectivity index (χ4n) is 0. The second kappa shape index (κ2) is 4.76. The number of hydrogen-bond acceptors (Lipinski definition) is 2. The maximum atomic E-state index is 9.00. The molecule has 0 unspecified atom stereocenters. The molecule has 0 saturated carbocycles. The summed E-state index contributed by atoms with van der Waals surface area (Å²) in [5.41, 5.74) is 0. The summed E-state index contributed by atoms with van der Waals surface area (Å²) in [5.74, 6) is -1.43. The summed E-state index contributed by atoms with van der Waals surface area (Å²) in [6, 6.07) is 0. The number of aldehydes is 1. The molecule has 0 rings (SSSR count). The third kappa shape index (κ3) is 9.24. The maximum Gasteiger partial charge on any atom is 0.368 e. The Balaban J connectivity index is 0. The van der Waals surface area contributed by atoms with Crippen LogP contribution < -0.4 is 0 Å². The Hall–Kier alpha value is -0.237. The van der Waals surface area contributed by atoms with Crippen LogP contribution in [-0.2, 0) is 29.1 Å². The Kier molecular flexibility index (Phi) is 7.33. The zero-order valence-corrected chi connectivity index (χ0v) is 4.43. The predicted molar refractivity (Wildman–Crippen MR) is 13.7 cm³/mol. The quantitative estimate of drug-likeness (QED) is 0.324. The number of carboxylic acid groups (broad SMARTS) is 1. The zero-order valence-electron chi connectivity index (χ0n) is 2.69. The molecule has 1 N–H and O–H groups in total. The molecular weight excluding hydrogens is 173 g/mol. The molecule has 0 aromatic carbocycles. The van der Waals surface area contributed by atoms with E-state index in [0.717, 1.165) is 0 Å². The average molecular weight is 175 g/mol. The van der Waals surface area contributed by atoms with Crippen LogP contribution in [0.5, 0.6) is 0 Å². The first-order valence-electron chi connectivity index (χ1n) is 0.952. The van der Waals surface area contributed by atoms with Gasteiger partial charge in [0, 0.05) is 19.5 Å². The Morgan fingerprint density at radius 3 is 1.83 bits per heavy atom. The van der Waals surface area contributed by atoms with Crippen molar-refractivity contribution in [3.05, 3.63) is 0 Å². The van der Waals surface area contributed by atoms with Crippen molar-refractivity contribution in [3.63, 3.8) is 0 Å². The van der Waals surface area contributed by atoms with Crippen LogP contribution in [-0.4, -0.2) is 17.4 Å². The van der Waals surface area contributed by atoms with Gasteiger partial charge >= 0.3 is 5.97 Å². The van der Waals surface area contributed by atoms with Crippen LogP contribution in [0.3, 0.4) is 0 Å². The van der Waals surface area contributed by atoms with Crippen molar-refractivity contribution in [3.8, 4) is 0 Å². The van der Waals surface area contributed by atoms with E-state index < -0.39 is 5.97 Å². The molecule has 6 heavy (non-hydrogen) atoms. The van der Waals surface area contributed by atoms with Crippen molar-refractivity contribution in [1.29, 1.82) is 0 Å². The van der Waals surface area contributed by atoms with Gasteiger partial charge in [0.05, 0.1) is 0 Å². The number of aliphatic carboxylic acids is 1. The molecule has 0 aliphatic heterocycles. The van der Waals surface area contributed by atoms with Gasteiger partial charge in [0.25, 0.3) is 0 Å². The first-order valence-corrected chi connectivity index (χ1v) is 0.952. The van der Waals surface area contributed by atoms with Crippen molar-refractivity contribution in [1.82, 2.24) is 0 Å². The summed E-state index contributed by atoms with van der Waals surface area (Å²) in [5, 5.41) is 7.35. The molecule has 0 aromatic heterocycles. The largest absolute Gasteiger partial charge is 0.476 e. The molecule has 36 valence electrons.